The number of hydrogen-bond acceptors (Lipinski definition) is 5. The zero-order valence-electron chi connectivity index (χ0n) is 10.7. The van der Waals surface area contributed by atoms with Crippen LogP contribution in [-0.2, 0) is 16.4 Å². The number of sulfonamides is 1. The molecule has 0 aliphatic heterocycles. The van der Waals surface area contributed by atoms with Gasteiger partial charge in [0.15, 0.2) is 0 Å². The van der Waals surface area contributed by atoms with E-state index in [1.165, 1.54) is 23.1 Å². The fourth-order valence-corrected chi connectivity index (χ4v) is 4.82. The molecule has 2 N–H and O–H groups in total. The van der Waals surface area contributed by atoms with Gasteiger partial charge in [-0.05, 0) is 31.7 Å². The van der Waals surface area contributed by atoms with Gasteiger partial charge in [-0.15, -0.1) is 11.3 Å². The normalized spacial score (nSPS) is 15.6. The molecule has 1 rings (SSSR count). The number of nitrogens with one attached hydrogen (secondary N) is 1. The Morgan fingerprint density at radius 1 is 1.50 bits per heavy atom. The molecule has 0 aliphatic carbocycles. The highest BCUT2D eigenvalue weighted by atomic mass is 32.2. The van der Waals surface area contributed by atoms with Gasteiger partial charge in [-0.1, -0.05) is 6.92 Å². The summed E-state index contributed by atoms with van der Waals surface area (Å²) in [6.07, 6.45) is 2.69. The molecular weight excluding hydrogens is 290 g/mol. The van der Waals surface area contributed by atoms with Crippen LogP contribution in [0.15, 0.2) is 16.3 Å². The second kappa shape index (κ2) is 6.91. The van der Waals surface area contributed by atoms with Crippen molar-refractivity contribution in [2.45, 2.75) is 35.8 Å². The van der Waals surface area contributed by atoms with Crippen LogP contribution in [0.5, 0.6) is 0 Å². The minimum absolute atomic E-state index is 0.0461. The summed E-state index contributed by atoms with van der Waals surface area (Å²) >= 11 is 2.74. The second-order valence-corrected chi connectivity index (χ2v) is 8.13. The highest BCUT2D eigenvalue weighted by Gasteiger charge is 2.23. The SMILES string of the molecule is CCc1ccc(S(=O)(=O)NC(C)C(CO)SC)s1. The summed E-state index contributed by atoms with van der Waals surface area (Å²) in [6.45, 7) is 3.71. The average Bonchev–Trinajstić information content (AvgIpc) is 2.79. The molecule has 0 amide bonds. The average molecular weight is 309 g/mol. The molecule has 0 saturated carbocycles. The lowest BCUT2D eigenvalue weighted by atomic mass is 10.3. The Morgan fingerprint density at radius 2 is 2.17 bits per heavy atom. The van der Waals surface area contributed by atoms with Crippen molar-refractivity contribution >= 4 is 33.1 Å². The van der Waals surface area contributed by atoms with Crippen LogP contribution in [0, 0.1) is 0 Å². The molecule has 0 saturated heterocycles. The molecule has 0 aliphatic rings. The van der Waals surface area contributed by atoms with Crippen molar-refractivity contribution in [3.63, 3.8) is 0 Å². The molecule has 104 valence electrons. The topological polar surface area (TPSA) is 66.4 Å². The first-order valence-corrected chi connectivity index (χ1v) is 9.28. The fraction of sp³-hybridized carbons (Fsp3) is 0.636. The minimum Gasteiger partial charge on any atom is -0.395 e. The molecule has 1 aromatic rings. The van der Waals surface area contributed by atoms with Gasteiger partial charge >= 0.3 is 0 Å². The Balaban J connectivity index is 2.81. The number of rotatable bonds is 7. The van der Waals surface area contributed by atoms with Crippen molar-refractivity contribution in [2.24, 2.45) is 0 Å². The largest absolute Gasteiger partial charge is 0.395 e. The molecule has 0 radical (unpaired) electrons. The van der Waals surface area contributed by atoms with Gasteiger partial charge in [-0.2, -0.15) is 11.8 Å². The van der Waals surface area contributed by atoms with Gasteiger partial charge in [0.2, 0.25) is 10.0 Å². The van der Waals surface area contributed by atoms with E-state index in [1.54, 1.807) is 13.0 Å². The Labute approximate surface area is 117 Å². The smallest absolute Gasteiger partial charge is 0.250 e. The third kappa shape index (κ3) is 3.96. The van der Waals surface area contributed by atoms with Crippen LogP contribution < -0.4 is 4.72 Å². The third-order valence-corrected chi connectivity index (χ3v) is 7.07. The molecule has 18 heavy (non-hydrogen) atoms. The first kappa shape index (κ1) is 16.0. The van der Waals surface area contributed by atoms with E-state index in [9.17, 15) is 8.42 Å². The number of aliphatic hydroxyl groups excluding tert-OH is 1. The summed E-state index contributed by atoms with van der Waals surface area (Å²) in [5, 5.41) is 9.02. The molecule has 0 spiro atoms. The van der Waals surface area contributed by atoms with Gasteiger partial charge in [-0.25, -0.2) is 13.1 Å². The number of thiophene rings is 1. The van der Waals surface area contributed by atoms with Crippen molar-refractivity contribution in [1.29, 1.82) is 0 Å². The van der Waals surface area contributed by atoms with Gasteiger partial charge in [0, 0.05) is 16.2 Å². The van der Waals surface area contributed by atoms with Gasteiger partial charge in [-0.3, -0.25) is 0 Å². The van der Waals surface area contributed by atoms with Crippen LogP contribution in [0.2, 0.25) is 0 Å². The lowest BCUT2D eigenvalue weighted by molar-refractivity contribution is 0.282. The maximum absolute atomic E-state index is 12.1. The Kier molecular flexibility index (Phi) is 6.13. The van der Waals surface area contributed by atoms with Crippen LogP contribution in [0.3, 0.4) is 0 Å². The molecule has 0 bridgehead atoms. The summed E-state index contributed by atoms with van der Waals surface area (Å²) in [5.74, 6) is 0. The molecule has 2 atom stereocenters. The lowest BCUT2D eigenvalue weighted by Gasteiger charge is -2.20. The monoisotopic (exact) mass is 309 g/mol. The first-order chi connectivity index (χ1) is 8.44. The van der Waals surface area contributed by atoms with Crippen molar-refractivity contribution in [3.05, 3.63) is 17.0 Å². The van der Waals surface area contributed by atoms with E-state index in [0.29, 0.717) is 4.21 Å². The molecule has 0 fully saturated rings. The molecule has 7 heteroatoms. The zero-order chi connectivity index (χ0) is 13.8. The first-order valence-electron chi connectivity index (χ1n) is 5.69. The molecule has 4 nitrogen and oxygen atoms in total. The lowest BCUT2D eigenvalue weighted by Crippen LogP contribution is -2.40. The predicted octanol–water partition coefficient (Wildman–Crippen LogP) is 1.70. The van der Waals surface area contributed by atoms with E-state index in [4.69, 9.17) is 5.11 Å². The van der Waals surface area contributed by atoms with Crippen molar-refractivity contribution in [2.75, 3.05) is 12.9 Å². The molecular formula is C11H19NO3S3. The third-order valence-electron chi connectivity index (χ3n) is 2.63. The highest BCUT2D eigenvalue weighted by Crippen LogP contribution is 2.23. The van der Waals surface area contributed by atoms with E-state index < -0.39 is 10.0 Å². The standard InChI is InChI=1S/C11H19NO3S3/c1-4-9-5-6-11(17-9)18(14,15)12-8(2)10(7-13)16-3/h5-6,8,10,12-13H,4,7H2,1-3H3. The van der Waals surface area contributed by atoms with E-state index in [-0.39, 0.29) is 17.9 Å². The zero-order valence-corrected chi connectivity index (χ0v) is 13.2. The van der Waals surface area contributed by atoms with Gasteiger partial charge in [0.1, 0.15) is 4.21 Å². The number of aliphatic hydroxyl groups is 1. The Morgan fingerprint density at radius 3 is 2.61 bits per heavy atom. The van der Waals surface area contributed by atoms with Crippen LogP contribution in [0.25, 0.3) is 0 Å². The van der Waals surface area contributed by atoms with Crippen LogP contribution in [0.4, 0.5) is 0 Å². The van der Waals surface area contributed by atoms with Crippen LogP contribution in [0.1, 0.15) is 18.7 Å². The molecule has 0 aromatic carbocycles. The van der Waals surface area contributed by atoms with Gasteiger partial charge in [0.05, 0.1) is 6.61 Å². The number of aryl methyl sites for hydroxylation is 1. The van der Waals surface area contributed by atoms with E-state index >= 15 is 0 Å². The number of thioether (sulfide) groups is 1. The minimum atomic E-state index is -3.47. The van der Waals surface area contributed by atoms with Crippen LogP contribution >= 0.6 is 23.1 Å². The Bertz CT molecular complexity index is 466. The highest BCUT2D eigenvalue weighted by molar-refractivity contribution is 7.99. The summed E-state index contributed by atoms with van der Waals surface area (Å²) in [6, 6.07) is 3.16. The molecule has 2 unspecified atom stereocenters. The van der Waals surface area contributed by atoms with E-state index in [2.05, 4.69) is 4.72 Å². The van der Waals surface area contributed by atoms with Crippen molar-refractivity contribution < 1.29 is 13.5 Å². The van der Waals surface area contributed by atoms with E-state index in [0.717, 1.165) is 11.3 Å². The summed E-state index contributed by atoms with van der Waals surface area (Å²) in [4.78, 5) is 1.05. The maximum atomic E-state index is 12.1. The fourth-order valence-electron chi connectivity index (χ4n) is 1.51. The van der Waals surface area contributed by atoms with Crippen LogP contribution in [-0.4, -0.2) is 37.7 Å². The quantitative estimate of drug-likeness (QED) is 0.804. The summed E-state index contributed by atoms with van der Waals surface area (Å²) in [7, 11) is -3.47. The summed E-state index contributed by atoms with van der Waals surface area (Å²) < 4.78 is 27.2. The predicted molar refractivity (Wildman–Crippen MR) is 77.9 cm³/mol. The number of hydrogen-bond donors (Lipinski definition) is 2. The van der Waals surface area contributed by atoms with E-state index in [1.807, 2.05) is 19.2 Å². The molecule has 1 aromatic heterocycles. The van der Waals surface area contributed by atoms with Crippen molar-refractivity contribution in [3.8, 4) is 0 Å². The van der Waals surface area contributed by atoms with Gasteiger partial charge in [0.25, 0.3) is 0 Å². The van der Waals surface area contributed by atoms with Gasteiger partial charge < -0.3 is 5.11 Å². The Hall–Kier alpha value is -0.0800. The van der Waals surface area contributed by atoms with Crippen molar-refractivity contribution in [1.82, 2.24) is 4.72 Å². The second-order valence-electron chi connectivity index (χ2n) is 3.94. The molecule has 1 heterocycles. The summed E-state index contributed by atoms with van der Waals surface area (Å²) in [5.41, 5.74) is 0. The maximum Gasteiger partial charge on any atom is 0.250 e.